The van der Waals surface area contributed by atoms with Crippen molar-refractivity contribution in [2.75, 3.05) is 0 Å². The monoisotopic (exact) mass is 250 g/mol. The van der Waals surface area contributed by atoms with E-state index in [9.17, 15) is 9.59 Å². The minimum Gasteiger partial charge on any atom is -0.292 e. The molecule has 0 N–H and O–H groups in total. The van der Waals surface area contributed by atoms with Crippen molar-refractivity contribution >= 4 is 23.2 Å². The van der Waals surface area contributed by atoms with Crippen molar-refractivity contribution < 1.29 is 9.59 Å². The van der Waals surface area contributed by atoms with Crippen LogP contribution in [0.3, 0.4) is 0 Å². The molecule has 1 aromatic rings. The molecule has 0 aliphatic rings. The molecule has 0 bridgehead atoms. The molecule has 1 heterocycles. The maximum Gasteiger partial charge on any atom is 0.229 e. The number of hydrogen-bond donors (Lipinski definition) is 0. The Morgan fingerprint density at radius 1 is 1.29 bits per heavy atom. The summed E-state index contributed by atoms with van der Waals surface area (Å²) < 4.78 is 0. The number of nitrogens with zero attached hydrogens (tertiary/aromatic N) is 6. The van der Waals surface area contributed by atoms with Crippen molar-refractivity contribution in [2.24, 2.45) is 16.1 Å². The summed E-state index contributed by atoms with van der Waals surface area (Å²) in [5.41, 5.74) is 16.3. The van der Waals surface area contributed by atoms with Crippen molar-refractivity contribution in [1.29, 1.82) is 0 Å². The Labute approximate surface area is 99.1 Å². The molecule has 86 valence electrons. The zero-order valence-electron chi connectivity index (χ0n) is 8.42. The van der Waals surface area contributed by atoms with E-state index in [2.05, 4.69) is 20.1 Å². The molecule has 0 fully saturated rings. The summed E-state index contributed by atoms with van der Waals surface area (Å²) in [6.07, 6.45) is 0.0629. The van der Waals surface area contributed by atoms with E-state index in [0.717, 1.165) is 4.88 Å². The first kappa shape index (κ1) is 12.7. The molecule has 0 radical (unpaired) electrons. The third-order valence-electron chi connectivity index (χ3n) is 1.87. The Bertz CT molecular complexity index is 482. The van der Waals surface area contributed by atoms with Gasteiger partial charge in [-0.1, -0.05) is 6.07 Å². The predicted octanol–water partition coefficient (Wildman–Crippen LogP) is 2.58. The predicted molar refractivity (Wildman–Crippen MR) is 59.8 cm³/mol. The second kappa shape index (κ2) is 6.29. The summed E-state index contributed by atoms with van der Waals surface area (Å²) in [5.74, 6) is -3.14. The Kier molecular flexibility index (Phi) is 4.71. The summed E-state index contributed by atoms with van der Waals surface area (Å²) in [7, 11) is 0. The van der Waals surface area contributed by atoms with Crippen LogP contribution in [0.5, 0.6) is 0 Å². The Morgan fingerprint density at radius 2 is 1.88 bits per heavy atom. The lowest BCUT2D eigenvalue weighted by atomic mass is 10.0. The van der Waals surface area contributed by atoms with Crippen LogP contribution >= 0.6 is 11.3 Å². The molecule has 0 aliphatic carbocycles. The van der Waals surface area contributed by atoms with Crippen LogP contribution in [-0.2, 0) is 16.0 Å². The third-order valence-corrected chi connectivity index (χ3v) is 2.77. The lowest BCUT2D eigenvalue weighted by Gasteiger charge is -2.06. The van der Waals surface area contributed by atoms with Gasteiger partial charge in [-0.15, -0.1) is 11.3 Å². The molecule has 1 aromatic heterocycles. The molecule has 0 saturated carbocycles. The summed E-state index contributed by atoms with van der Waals surface area (Å²) in [6.45, 7) is 0. The van der Waals surface area contributed by atoms with Crippen LogP contribution in [0.2, 0.25) is 0 Å². The van der Waals surface area contributed by atoms with E-state index < -0.39 is 17.7 Å². The minimum atomic E-state index is -1.25. The van der Waals surface area contributed by atoms with Gasteiger partial charge in [0.2, 0.25) is 11.8 Å². The van der Waals surface area contributed by atoms with Crippen LogP contribution in [0.1, 0.15) is 4.88 Å². The fourth-order valence-electron chi connectivity index (χ4n) is 1.14. The number of carbonyl (C=O) groups is 2. The SMILES string of the molecule is [N-]=[N+]=NC(=O)C(Cc1cccs1)C(=O)N=[N+]=[N-]. The van der Waals surface area contributed by atoms with Gasteiger partial charge in [-0.3, -0.25) is 9.59 Å². The lowest BCUT2D eigenvalue weighted by Crippen LogP contribution is -2.22. The van der Waals surface area contributed by atoms with E-state index in [1.807, 2.05) is 0 Å². The molecule has 0 aromatic carbocycles. The molecule has 0 aliphatic heterocycles. The first-order chi connectivity index (χ1) is 8.19. The molecule has 9 heteroatoms. The van der Waals surface area contributed by atoms with Gasteiger partial charge in [-0.2, -0.15) is 0 Å². The van der Waals surface area contributed by atoms with Crippen LogP contribution in [-0.4, -0.2) is 11.8 Å². The van der Waals surface area contributed by atoms with E-state index >= 15 is 0 Å². The van der Waals surface area contributed by atoms with Gasteiger partial charge in [0.25, 0.3) is 0 Å². The second-order valence-corrected chi connectivity index (χ2v) is 3.92. The molecule has 8 nitrogen and oxygen atoms in total. The maximum atomic E-state index is 11.4. The number of azide groups is 2. The van der Waals surface area contributed by atoms with Gasteiger partial charge in [0.15, 0.2) is 0 Å². The standard InChI is InChI=1S/C8H6N6O2S/c9-13-11-7(15)6(8(16)12-14-10)4-5-2-1-3-17-5/h1-3,6H,4H2. The first-order valence-electron chi connectivity index (χ1n) is 4.39. The molecule has 0 atom stereocenters. The van der Waals surface area contributed by atoms with Crippen molar-refractivity contribution in [3.05, 3.63) is 43.3 Å². The van der Waals surface area contributed by atoms with Gasteiger partial charge < -0.3 is 0 Å². The van der Waals surface area contributed by atoms with Gasteiger partial charge in [0.05, 0.1) is 5.92 Å². The Balaban J connectivity index is 2.93. The maximum absolute atomic E-state index is 11.4. The zero-order chi connectivity index (χ0) is 12.7. The van der Waals surface area contributed by atoms with Gasteiger partial charge in [0, 0.05) is 14.7 Å². The molecule has 0 saturated heterocycles. The Hall–Kier alpha value is -2.34. The Morgan fingerprint density at radius 3 is 2.29 bits per heavy atom. The van der Waals surface area contributed by atoms with Gasteiger partial charge in [0.1, 0.15) is 0 Å². The number of hydrogen-bond acceptors (Lipinski definition) is 3. The van der Waals surface area contributed by atoms with Crippen molar-refractivity contribution in [3.8, 4) is 0 Å². The van der Waals surface area contributed by atoms with E-state index in [-0.39, 0.29) is 6.42 Å². The third kappa shape index (κ3) is 3.62. The molecule has 0 spiro atoms. The average molecular weight is 250 g/mol. The smallest absolute Gasteiger partial charge is 0.229 e. The molecule has 0 unspecified atom stereocenters. The molecular formula is C8H6N6O2S. The quantitative estimate of drug-likeness (QED) is 0.351. The molecule has 1 rings (SSSR count). The van der Waals surface area contributed by atoms with Crippen molar-refractivity contribution in [3.63, 3.8) is 0 Å². The van der Waals surface area contributed by atoms with Crippen LogP contribution in [0.4, 0.5) is 0 Å². The normalized spacial score (nSPS) is 10.8. The highest BCUT2D eigenvalue weighted by Gasteiger charge is 2.25. The minimum absolute atomic E-state index is 0.0629. The van der Waals surface area contributed by atoms with Gasteiger partial charge >= 0.3 is 0 Å². The van der Waals surface area contributed by atoms with Crippen LogP contribution in [0.15, 0.2) is 27.7 Å². The summed E-state index contributed by atoms with van der Waals surface area (Å²) in [6, 6.07) is 3.48. The molecule has 17 heavy (non-hydrogen) atoms. The number of carbonyl (C=O) groups excluding carboxylic acids is 2. The van der Waals surface area contributed by atoms with E-state index in [1.54, 1.807) is 17.5 Å². The lowest BCUT2D eigenvalue weighted by molar-refractivity contribution is -0.131. The van der Waals surface area contributed by atoms with Crippen molar-refractivity contribution in [2.45, 2.75) is 6.42 Å². The second-order valence-electron chi connectivity index (χ2n) is 2.89. The van der Waals surface area contributed by atoms with E-state index in [1.165, 1.54) is 11.3 Å². The largest absolute Gasteiger partial charge is 0.292 e. The topological polar surface area (TPSA) is 132 Å². The van der Waals surface area contributed by atoms with Gasteiger partial charge in [-0.05, 0) is 39.2 Å². The van der Waals surface area contributed by atoms with E-state index in [0.29, 0.717) is 0 Å². The number of rotatable bonds is 4. The van der Waals surface area contributed by atoms with Crippen LogP contribution < -0.4 is 0 Å². The summed E-state index contributed by atoms with van der Waals surface area (Å²) in [5, 5.41) is 7.48. The van der Waals surface area contributed by atoms with Gasteiger partial charge in [-0.25, -0.2) is 0 Å². The van der Waals surface area contributed by atoms with E-state index in [4.69, 9.17) is 11.1 Å². The summed E-state index contributed by atoms with van der Waals surface area (Å²) in [4.78, 5) is 28.1. The number of amides is 2. The molecule has 2 amide bonds. The zero-order valence-corrected chi connectivity index (χ0v) is 9.24. The van der Waals surface area contributed by atoms with Crippen molar-refractivity contribution in [1.82, 2.24) is 0 Å². The van der Waals surface area contributed by atoms with Crippen LogP contribution in [0, 0.1) is 5.92 Å². The first-order valence-corrected chi connectivity index (χ1v) is 5.27. The fraction of sp³-hybridized carbons (Fsp3) is 0.250. The summed E-state index contributed by atoms with van der Waals surface area (Å²) >= 11 is 1.35. The molecular weight excluding hydrogens is 244 g/mol. The highest BCUT2D eigenvalue weighted by atomic mass is 32.1. The fourth-order valence-corrected chi connectivity index (χ4v) is 1.89. The highest BCUT2D eigenvalue weighted by molar-refractivity contribution is 7.09. The number of thiophene rings is 1. The van der Waals surface area contributed by atoms with Crippen LogP contribution in [0.25, 0.3) is 20.9 Å². The average Bonchev–Trinajstić information content (AvgIpc) is 2.79. The highest BCUT2D eigenvalue weighted by Crippen LogP contribution is 2.17.